The standard InChI is InChI=1S/C15H17Cl2N3O2/c16-12-6-5-11(13(17)8-12)9-18-19-14(21)10-20-7-3-1-2-4-15(20)22/h5-6,8-9H,1-4,7,10H2,(H,19,21)/b18-9-. The van der Waals surface area contributed by atoms with Crippen LogP contribution in [-0.4, -0.2) is 36.0 Å². The zero-order valence-corrected chi connectivity index (χ0v) is 13.5. The summed E-state index contributed by atoms with van der Waals surface area (Å²) in [6.07, 6.45) is 4.81. The Hall–Kier alpha value is -1.59. The molecule has 0 aromatic heterocycles. The molecule has 2 rings (SSSR count). The van der Waals surface area contributed by atoms with Crippen LogP contribution < -0.4 is 5.43 Å². The summed E-state index contributed by atoms with van der Waals surface area (Å²) < 4.78 is 0. The highest BCUT2D eigenvalue weighted by Crippen LogP contribution is 2.19. The molecule has 1 heterocycles. The molecule has 22 heavy (non-hydrogen) atoms. The maximum Gasteiger partial charge on any atom is 0.259 e. The first kappa shape index (κ1) is 16.8. The van der Waals surface area contributed by atoms with E-state index in [2.05, 4.69) is 10.5 Å². The van der Waals surface area contributed by atoms with Gasteiger partial charge in [-0.3, -0.25) is 9.59 Å². The third kappa shape index (κ3) is 5.00. The molecule has 1 saturated heterocycles. The van der Waals surface area contributed by atoms with Crippen LogP contribution in [-0.2, 0) is 9.59 Å². The first-order valence-corrected chi connectivity index (χ1v) is 7.86. The number of hydrogen-bond donors (Lipinski definition) is 1. The second-order valence-electron chi connectivity index (χ2n) is 5.08. The van der Waals surface area contributed by atoms with Crippen molar-refractivity contribution in [2.45, 2.75) is 25.7 Å². The highest BCUT2D eigenvalue weighted by Gasteiger charge is 2.18. The van der Waals surface area contributed by atoms with E-state index in [0.717, 1.165) is 19.3 Å². The highest BCUT2D eigenvalue weighted by molar-refractivity contribution is 6.36. The van der Waals surface area contributed by atoms with Crippen LogP contribution in [0.15, 0.2) is 23.3 Å². The Morgan fingerprint density at radius 1 is 1.32 bits per heavy atom. The second kappa shape index (κ2) is 8.15. The summed E-state index contributed by atoms with van der Waals surface area (Å²) in [5, 5.41) is 4.84. The van der Waals surface area contributed by atoms with E-state index >= 15 is 0 Å². The Kier molecular flexibility index (Phi) is 6.21. The Bertz CT molecular complexity index is 590. The first-order valence-electron chi connectivity index (χ1n) is 7.11. The Labute approximate surface area is 139 Å². The molecule has 0 atom stereocenters. The molecule has 0 aliphatic carbocycles. The fourth-order valence-corrected chi connectivity index (χ4v) is 2.65. The lowest BCUT2D eigenvalue weighted by atomic mass is 10.2. The highest BCUT2D eigenvalue weighted by atomic mass is 35.5. The Morgan fingerprint density at radius 2 is 2.14 bits per heavy atom. The molecule has 118 valence electrons. The summed E-state index contributed by atoms with van der Waals surface area (Å²) in [7, 11) is 0. The van der Waals surface area contributed by atoms with Crippen molar-refractivity contribution < 1.29 is 9.59 Å². The van der Waals surface area contributed by atoms with Gasteiger partial charge in [-0.1, -0.05) is 35.7 Å². The molecule has 0 unspecified atom stereocenters. The summed E-state index contributed by atoms with van der Waals surface area (Å²) in [4.78, 5) is 25.2. The van der Waals surface area contributed by atoms with Gasteiger partial charge in [-0.25, -0.2) is 5.43 Å². The molecule has 0 radical (unpaired) electrons. The fraction of sp³-hybridized carbons (Fsp3) is 0.400. The van der Waals surface area contributed by atoms with Crippen LogP contribution in [0.2, 0.25) is 10.0 Å². The normalized spacial score (nSPS) is 15.9. The smallest absolute Gasteiger partial charge is 0.259 e. The van der Waals surface area contributed by atoms with E-state index < -0.39 is 0 Å². The number of carbonyl (C=O) groups excluding carboxylic acids is 2. The first-order chi connectivity index (χ1) is 10.6. The number of hydrazone groups is 1. The lowest BCUT2D eigenvalue weighted by Crippen LogP contribution is -2.39. The minimum atomic E-state index is -0.323. The van der Waals surface area contributed by atoms with Crippen molar-refractivity contribution in [3.8, 4) is 0 Å². The quantitative estimate of drug-likeness (QED) is 0.676. The van der Waals surface area contributed by atoms with Gasteiger partial charge in [0.1, 0.15) is 6.54 Å². The molecule has 0 spiro atoms. The topological polar surface area (TPSA) is 61.8 Å². The third-order valence-corrected chi connectivity index (χ3v) is 3.92. The maximum absolute atomic E-state index is 11.8. The average Bonchev–Trinajstić information content (AvgIpc) is 2.66. The number of rotatable bonds is 4. The Morgan fingerprint density at radius 3 is 2.91 bits per heavy atom. The number of carbonyl (C=O) groups is 2. The van der Waals surface area contributed by atoms with E-state index in [1.54, 1.807) is 23.1 Å². The van der Waals surface area contributed by atoms with Gasteiger partial charge in [0.15, 0.2) is 0 Å². The SMILES string of the molecule is O=C(CN1CCCCCC1=O)N/N=C\c1ccc(Cl)cc1Cl. The minimum absolute atomic E-state index is 0.0253. The minimum Gasteiger partial charge on any atom is -0.333 e. The van der Waals surface area contributed by atoms with Crippen LogP contribution in [0.1, 0.15) is 31.2 Å². The molecule has 5 nitrogen and oxygen atoms in total. The number of amides is 2. The zero-order valence-electron chi connectivity index (χ0n) is 12.0. The van der Waals surface area contributed by atoms with Gasteiger partial charge in [0.25, 0.3) is 5.91 Å². The van der Waals surface area contributed by atoms with E-state index in [1.165, 1.54) is 6.21 Å². The van der Waals surface area contributed by atoms with E-state index in [1.807, 2.05) is 0 Å². The maximum atomic E-state index is 11.8. The molecule has 1 aliphatic heterocycles. The molecule has 1 aromatic carbocycles. The van der Waals surface area contributed by atoms with Crippen molar-refractivity contribution in [3.05, 3.63) is 33.8 Å². The van der Waals surface area contributed by atoms with E-state index in [-0.39, 0.29) is 18.4 Å². The van der Waals surface area contributed by atoms with Gasteiger partial charge in [0, 0.05) is 23.6 Å². The summed E-state index contributed by atoms with van der Waals surface area (Å²) in [6.45, 7) is 0.656. The zero-order chi connectivity index (χ0) is 15.9. The Balaban J connectivity index is 1.86. The van der Waals surface area contributed by atoms with Crippen LogP contribution in [0.4, 0.5) is 0 Å². The van der Waals surface area contributed by atoms with E-state index in [0.29, 0.717) is 28.6 Å². The number of benzene rings is 1. The number of nitrogens with one attached hydrogen (secondary N) is 1. The van der Waals surface area contributed by atoms with Crippen molar-refractivity contribution in [1.29, 1.82) is 0 Å². The molecule has 2 amide bonds. The average molecular weight is 342 g/mol. The van der Waals surface area contributed by atoms with Crippen LogP contribution >= 0.6 is 23.2 Å². The van der Waals surface area contributed by atoms with Crippen molar-refractivity contribution >= 4 is 41.2 Å². The van der Waals surface area contributed by atoms with Crippen LogP contribution in [0, 0.1) is 0 Å². The van der Waals surface area contributed by atoms with Gasteiger partial charge in [0.05, 0.1) is 11.2 Å². The van der Waals surface area contributed by atoms with Crippen molar-refractivity contribution in [3.63, 3.8) is 0 Å². The van der Waals surface area contributed by atoms with Crippen molar-refractivity contribution in [2.75, 3.05) is 13.1 Å². The molecule has 1 fully saturated rings. The predicted molar refractivity (Wildman–Crippen MR) is 87.2 cm³/mol. The molecule has 1 aromatic rings. The van der Waals surface area contributed by atoms with Gasteiger partial charge in [-0.15, -0.1) is 0 Å². The predicted octanol–water partition coefficient (Wildman–Crippen LogP) is 2.85. The van der Waals surface area contributed by atoms with Crippen molar-refractivity contribution in [2.24, 2.45) is 5.10 Å². The van der Waals surface area contributed by atoms with Crippen LogP contribution in [0.5, 0.6) is 0 Å². The van der Waals surface area contributed by atoms with Crippen molar-refractivity contribution in [1.82, 2.24) is 10.3 Å². The summed E-state index contributed by atoms with van der Waals surface area (Å²) in [6, 6.07) is 4.99. The monoisotopic (exact) mass is 341 g/mol. The lowest BCUT2D eigenvalue weighted by Gasteiger charge is -2.18. The lowest BCUT2D eigenvalue weighted by molar-refractivity contribution is -0.135. The number of nitrogens with zero attached hydrogens (tertiary/aromatic N) is 2. The van der Waals surface area contributed by atoms with Gasteiger partial charge in [-0.05, 0) is 25.0 Å². The molecular weight excluding hydrogens is 325 g/mol. The van der Waals surface area contributed by atoms with Gasteiger partial charge < -0.3 is 4.90 Å². The second-order valence-corrected chi connectivity index (χ2v) is 5.93. The van der Waals surface area contributed by atoms with Gasteiger partial charge in [-0.2, -0.15) is 5.10 Å². The van der Waals surface area contributed by atoms with Crippen LogP contribution in [0.25, 0.3) is 0 Å². The fourth-order valence-electron chi connectivity index (χ4n) is 2.19. The van der Waals surface area contributed by atoms with Crippen LogP contribution in [0.3, 0.4) is 0 Å². The molecule has 0 saturated carbocycles. The van der Waals surface area contributed by atoms with Gasteiger partial charge in [0.2, 0.25) is 5.91 Å². The summed E-state index contributed by atoms with van der Waals surface area (Å²) in [5.41, 5.74) is 3.06. The van der Waals surface area contributed by atoms with E-state index in [4.69, 9.17) is 23.2 Å². The van der Waals surface area contributed by atoms with E-state index in [9.17, 15) is 9.59 Å². The molecule has 0 bridgehead atoms. The largest absolute Gasteiger partial charge is 0.333 e. The molecule has 1 N–H and O–H groups in total. The number of hydrogen-bond acceptors (Lipinski definition) is 3. The molecule has 1 aliphatic rings. The third-order valence-electron chi connectivity index (χ3n) is 3.36. The number of halogens is 2. The summed E-state index contributed by atoms with van der Waals surface area (Å²) >= 11 is 11.8. The molecular formula is C15H17Cl2N3O2. The number of likely N-dealkylation sites (tertiary alicyclic amines) is 1. The molecule has 7 heteroatoms. The summed E-state index contributed by atoms with van der Waals surface area (Å²) in [5.74, 6) is -0.297. The van der Waals surface area contributed by atoms with Gasteiger partial charge >= 0.3 is 0 Å².